The van der Waals surface area contributed by atoms with Crippen LogP contribution in [0.15, 0.2) is 60.7 Å². The monoisotopic (exact) mass is 450 g/mol. The minimum atomic E-state index is -0.443. The van der Waals surface area contributed by atoms with Gasteiger partial charge in [0.2, 0.25) is 0 Å². The van der Waals surface area contributed by atoms with Gasteiger partial charge in [-0.3, -0.25) is 0 Å². The molecule has 180 valence electrons. The van der Waals surface area contributed by atoms with Crippen molar-refractivity contribution in [3.05, 3.63) is 71.8 Å². The fraction of sp³-hybridized carbons (Fsp3) is 0.600. The molecule has 0 N–H and O–H groups in total. The van der Waals surface area contributed by atoms with Crippen molar-refractivity contribution < 1.29 is 14.2 Å². The molecule has 0 spiro atoms. The second-order valence-electron chi connectivity index (χ2n) is 9.88. The van der Waals surface area contributed by atoms with Crippen LogP contribution in [0.3, 0.4) is 0 Å². The average Bonchev–Trinajstić information content (AvgIpc) is 3.77. The smallest absolute Gasteiger partial charge is 0.123 e. The van der Waals surface area contributed by atoms with Gasteiger partial charge < -0.3 is 14.2 Å². The number of benzene rings is 2. The first-order valence-corrected chi connectivity index (χ1v) is 13.3. The van der Waals surface area contributed by atoms with Crippen LogP contribution < -0.4 is 0 Å². The van der Waals surface area contributed by atoms with Crippen LogP contribution in [0.4, 0.5) is 0 Å². The molecule has 0 bridgehead atoms. The molecule has 2 heterocycles. The highest BCUT2D eigenvalue weighted by atomic mass is 16.6. The maximum absolute atomic E-state index is 7.56. The third-order valence-electron chi connectivity index (χ3n) is 7.40. The Morgan fingerprint density at radius 2 is 1.03 bits per heavy atom. The second-order valence-corrected chi connectivity index (χ2v) is 9.88. The van der Waals surface area contributed by atoms with E-state index in [1.807, 2.05) is 0 Å². The van der Waals surface area contributed by atoms with E-state index in [0.717, 1.165) is 38.9 Å². The van der Waals surface area contributed by atoms with Gasteiger partial charge in [-0.15, -0.1) is 0 Å². The molecule has 4 atom stereocenters. The highest BCUT2D eigenvalue weighted by Gasteiger charge is 2.58. The number of ether oxygens (including phenoxy) is 3. The molecule has 0 amide bonds. The largest absolute Gasteiger partial charge is 0.370 e. The van der Waals surface area contributed by atoms with Crippen molar-refractivity contribution >= 4 is 0 Å². The number of unbranched alkanes of at least 4 members (excludes halogenated alkanes) is 6. The van der Waals surface area contributed by atoms with Gasteiger partial charge in [-0.25, -0.2) is 0 Å². The average molecular weight is 451 g/mol. The first-order chi connectivity index (χ1) is 16.2. The molecule has 4 rings (SSSR count). The van der Waals surface area contributed by atoms with Crippen molar-refractivity contribution in [2.24, 2.45) is 0 Å². The summed E-state index contributed by atoms with van der Waals surface area (Å²) in [4.78, 5) is 0. The van der Waals surface area contributed by atoms with Crippen LogP contribution in [0.1, 0.15) is 89.2 Å². The van der Waals surface area contributed by atoms with Gasteiger partial charge in [0.15, 0.2) is 0 Å². The van der Waals surface area contributed by atoms with Crippen LogP contribution in [0.25, 0.3) is 0 Å². The Hall–Kier alpha value is -1.68. The molecule has 0 saturated carbocycles. The van der Waals surface area contributed by atoms with E-state index in [4.69, 9.17) is 14.2 Å². The number of hydrogen-bond acceptors (Lipinski definition) is 3. The van der Waals surface area contributed by atoms with Gasteiger partial charge in [-0.05, 0) is 24.0 Å². The van der Waals surface area contributed by atoms with E-state index >= 15 is 0 Å². The quantitative estimate of drug-likeness (QED) is 0.196. The molecule has 33 heavy (non-hydrogen) atoms. The molecular formula is C30H42O3. The Balaban J connectivity index is 1.72. The van der Waals surface area contributed by atoms with Crippen LogP contribution in [0, 0.1) is 0 Å². The summed E-state index contributed by atoms with van der Waals surface area (Å²) >= 11 is 0. The third kappa shape index (κ3) is 5.88. The van der Waals surface area contributed by atoms with Crippen molar-refractivity contribution in [1.82, 2.24) is 0 Å². The molecular weight excluding hydrogens is 408 g/mol. The molecule has 0 aromatic heterocycles. The van der Waals surface area contributed by atoms with Gasteiger partial charge in [-0.2, -0.15) is 0 Å². The van der Waals surface area contributed by atoms with Crippen molar-refractivity contribution in [2.75, 3.05) is 13.2 Å². The summed E-state index contributed by atoms with van der Waals surface area (Å²) in [6.07, 6.45) is 12.0. The standard InChI is InChI=1S/C30H42O3/c1-3-5-7-15-21-29(27-23-31-27,25-17-11-9-12-18-25)33-30(28-24-32-28,22-16-8-6-4-2)26-19-13-10-14-20-26/h9-14,17-20,27-28H,3-8,15-16,21-24H2,1-2H3. The molecule has 2 aliphatic heterocycles. The van der Waals surface area contributed by atoms with Gasteiger partial charge in [0.25, 0.3) is 0 Å². The van der Waals surface area contributed by atoms with Crippen LogP contribution in [-0.4, -0.2) is 25.4 Å². The molecule has 3 heteroatoms. The highest BCUT2D eigenvalue weighted by Crippen LogP contribution is 2.52. The second kappa shape index (κ2) is 11.6. The summed E-state index contributed by atoms with van der Waals surface area (Å²) in [6, 6.07) is 21.7. The van der Waals surface area contributed by atoms with Crippen molar-refractivity contribution in [3.63, 3.8) is 0 Å². The van der Waals surface area contributed by atoms with Gasteiger partial charge in [0.1, 0.15) is 23.4 Å². The fourth-order valence-electron chi connectivity index (χ4n) is 5.36. The Morgan fingerprint density at radius 1 is 0.636 bits per heavy atom. The Labute approximate surface area is 200 Å². The zero-order valence-electron chi connectivity index (χ0n) is 20.6. The first kappa shape index (κ1) is 24.4. The summed E-state index contributed by atoms with van der Waals surface area (Å²) in [7, 11) is 0. The Kier molecular flexibility index (Phi) is 8.62. The lowest BCUT2D eigenvalue weighted by molar-refractivity contribution is -0.197. The van der Waals surface area contributed by atoms with E-state index in [-0.39, 0.29) is 12.2 Å². The minimum Gasteiger partial charge on any atom is -0.370 e. The van der Waals surface area contributed by atoms with E-state index in [2.05, 4.69) is 74.5 Å². The van der Waals surface area contributed by atoms with Gasteiger partial charge in [0.05, 0.1) is 13.2 Å². The lowest BCUT2D eigenvalue weighted by Crippen LogP contribution is -2.48. The number of hydrogen-bond donors (Lipinski definition) is 0. The van der Waals surface area contributed by atoms with Crippen LogP contribution in [0.5, 0.6) is 0 Å². The SMILES string of the molecule is CCCCCCC(OC(CCCCCC)(c1ccccc1)C1CO1)(c1ccccc1)C1CO1. The lowest BCUT2D eigenvalue weighted by Gasteiger charge is -2.44. The fourth-order valence-corrected chi connectivity index (χ4v) is 5.36. The maximum atomic E-state index is 7.56. The summed E-state index contributed by atoms with van der Waals surface area (Å²) in [5.41, 5.74) is 1.61. The third-order valence-corrected chi connectivity index (χ3v) is 7.40. The van der Waals surface area contributed by atoms with Gasteiger partial charge in [0, 0.05) is 0 Å². The van der Waals surface area contributed by atoms with Crippen LogP contribution >= 0.6 is 0 Å². The summed E-state index contributed by atoms with van der Waals surface area (Å²) in [5, 5.41) is 0. The van der Waals surface area contributed by atoms with E-state index in [1.165, 1.54) is 49.7 Å². The molecule has 0 aliphatic carbocycles. The minimum absolute atomic E-state index is 0.110. The topological polar surface area (TPSA) is 34.3 Å². The molecule has 2 saturated heterocycles. The van der Waals surface area contributed by atoms with Crippen molar-refractivity contribution in [1.29, 1.82) is 0 Å². The van der Waals surface area contributed by atoms with E-state index in [9.17, 15) is 0 Å². The molecule has 3 nitrogen and oxygen atoms in total. The molecule has 2 aromatic carbocycles. The molecule has 4 unspecified atom stereocenters. The predicted molar refractivity (Wildman–Crippen MR) is 134 cm³/mol. The van der Waals surface area contributed by atoms with Crippen molar-refractivity contribution in [2.45, 2.75) is 101 Å². The van der Waals surface area contributed by atoms with E-state index < -0.39 is 11.2 Å². The Morgan fingerprint density at radius 3 is 1.36 bits per heavy atom. The predicted octanol–water partition coefficient (Wildman–Crippen LogP) is 7.53. The van der Waals surface area contributed by atoms with E-state index in [1.54, 1.807) is 0 Å². The summed E-state index contributed by atoms with van der Waals surface area (Å²) in [5.74, 6) is 0. The first-order valence-electron chi connectivity index (χ1n) is 13.3. The zero-order chi connectivity index (χ0) is 23.0. The normalized spacial score (nSPS) is 23.0. The molecule has 2 fully saturated rings. The summed E-state index contributed by atoms with van der Waals surface area (Å²) in [6.45, 7) is 6.09. The van der Waals surface area contributed by atoms with E-state index in [0.29, 0.717) is 0 Å². The molecule has 0 radical (unpaired) electrons. The number of epoxide rings is 2. The van der Waals surface area contributed by atoms with Gasteiger partial charge >= 0.3 is 0 Å². The zero-order valence-corrected chi connectivity index (χ0v) is 20.6. The Bertz CT molecular complexity index is 745. The lowest BCUT2D eigenvalue weighted by atomic mass is 9.80. The highest BCUT2D eigenvalue weighted by molar-refractivity contribution is 5.30. The van der Waals surface area contributed by atoms with Gasteiger partial charge in [-0.1, -0.05) is 126 Å². The van der Waals surface area contributed by atoms with Crippen molar-refractivity contribution in [3.8, 4) is 0 Å². The molecule has 2 aromatic rings. The molecule has 2 aliphatic rings. The van der Waals surface area contributed by atoms with Crippen LogP contribution in [-0.2, 0) is 25.4 Å². The number of rotatable bonds is 16. The maximum Gasteiger partial charge on any atom is 0.123 e. The van der Waals surface area contributed by atoms with Crippen LogP contribution in [0.2, 0.25) is 0 Å². The summed E-state index contributed by atoms with van der Waals surface area (Å²) < 4.78 is 19.6.